The lowest BCUT2D eigenvalue weighted by atomic mass is 10.2. The number of amides is 2. The summed E-state index contributed by atoms with van der Waals surface area (Å²) in [6.07, 6.45) is 0. The molecule has 0 radical (unpaired) electrons. The van der Waals surface area contributed by atoms with E-state index >= 15 is 0 Å². The minimum Gasteiger partial charge on any atom is -0.492 e. The third kappa shape index (κ3) is 5.72. The van der Waals surface area contributed by atoms with Crippen molar-refractivity contribution in [2.75, 3.05) is 37.6 Å². The zero-order valence-corrected chi connectivity index (χ0v) is 15.7. The number of carbonyl (C=O) groups excluding carboxylic acids is 2. The van der Waals surface area contributed by atoms with E-state index in [4.69, 9.17) is 14.2 Å². The average Bonchev–Trinajstić information content (AvgIpc) is 2.66. The second-order valence-electron chi connectivity index (χ2n) is 5.51. The van der Waals surface area contributed by atoms with E-state index in [-0.39, 0.29) is 18.4 Å². The van der Waals surface area contributed by atoms with Gasteiger partial charge in [0.15, 0.2) is 0 Å². The van der Waals surface area contributed by atoms with E-state index in [1.54, 1.807) is 36.4 Å². The van der Waals surface area contributed by atoms with Gasteiger partial charge >= 0.3 is 0 Å². The molecule has 144 valence electrons. The van der Waals surface area contributed by atoms with Gasteiger partial charge in [-0.1, -0.05) is 18.2 Å². The first-order chi connectivity index (χ1) is 13.1. The highest BCUT2D eigenvalue weighted by Crippen LogP contribution is 2.37. The number of benzene rings is 2. The molecule has 0 heterocycles. The van der Waals surface area contributed by atoms with Crippen molar-refractivity contribution in [3.8, 4) is 11.5 Å². The molecule has 2 aromatic rings. The summed E-state index contributed by atoms with van der Waals surface area (Å²) in [5.41, 5.74) is 1.43. The second-order valence-corrected chi connectivity index (χ2v) is 5.51. The molecule has 0 spiro atoms. The fraction of sp³-hybridized carbons (Fsp3) is 0.300. The Morgan fingerprint density at radius 2 is 1.44 bits per heavy atom. The molecule has 27 heavy (non-hydrogen) atoms. The van der Waals surface area contributed by atoms with Crippen molar-refractivity contribution < 1.29 is 23.8 Å². The van der Waals surface area contributed by atoms with Gasteiger partial charge in [-0.25, -0.2) is 0 Å². The quantitative estimate of drug-likeness (QED) is 0.705. The Labute approximate surface area is 158 Å². The van der Waals surface area contributed by atoms with Gasteiger partial charge in [0.25, 0.3) is 5.91 Å². The molecule has 2 aromatic carbocycles. The van der Waals surface area contributed by atoms with Crippen LogP contribution >= 0.6 is 0 Å². The lowest BCUT2D eigenvalue weighted by molar-refractivity contribution is -0.119. The highest BCUT2D eigenvalue weighted by Gasteiger charge is 2.16. The minimum atomic E-state index is -0.318. The molecule has 7 heteroatoms. The van der Waals surface area contributed by atoms with E-state index in [1.165, 1.54) is 7.11 Å². The van der Waals surface area contributed by atoms with Gasteiger partial charge in [-0.2, -0.15) is 0 Å². The van der Waals surface area contributed by atoms with Crippen LogP contribution in [0.5, 0.6) is 11.5 Å². The largest absolute Gasteiger partial charge is 0.492 e. The van der Waals surface area contributed by atoms with Gasteiger partial charge in [0, 0.05) is 24.8 Å². The normalized spacial score (nSPS) is 10.2. The first kappa shape index (κ1) is 20.3. The number of hydrogen-bond donors (Lipinski definition) is 2. The first-order valence-corrected chi connectivity index (χ1v) is 8.67. The molecular weight excluding hydrogens is 348 g/mol. The Balaban J connectivity index is 2.35. The molecule has 2 amide bonds. The Morgan fingerprint density at radius 1 is 0.889 bits per heavy atom. The summed E-state index contributed by atoms with van der Waals surface area (Å²) < 4.78 is 16.1. The number of rotatable bonds is 9. The minimum absolute atomic E-state index is 0.0813. The van der Waals surface area contributed by atoms with Crippen LogP contribution in [0.2, 0.25) is 0 Å². The van der Waals surface area contributed by atoms with Crippen LogP contribution in [-0.4, -0.2) is 38.7 Å². The molecule has 2 rings (SSSR count). The smallest absolute Gasteiger partial charge is 0.255 e. The summed E-state index contributed by atoms with van der Waals surface area (Å²) in [6, 6.07) is 12.1. The molecule has 0 atom stereocenters. The Bertz CT molecular complexity index is 777. The summed E-state index contributed by atoms with van der Waals surface area (Å²) >= 11 is 0. The van der Waals surface area contributed by atoms with Crippen molar-refractivity contribution in [3.05, 3.63) is 48.0 Å². The van der Waals surface area contributed by atoms with Crippen molar-refractivity contribution in [2.24, 2.45) is 0 Å². The molecule has 0 aliphatic carbocycles. The molecular formula is C20H24N2O5. The lowest BCUT2D eigenvalue weighted by Crippen LogP contribution is -2.18. The fourth-order valence-electron chi connectivity index (χ4n) is 2.41. The molecule has 2 N–H and O–H groups in total. The molecule has 0 saturated heterocycles. The van der Waals surface area contributed by atoms with E-state index in [0.29, 0.717) is 41.7 Å². The van der Waals surface area contributed by atoms with Crippen LogP contribution in [0.4, 0.5) is 11.4 Å². The number of nitrogens with one attached hydrogen (secondary N) is 2. The molecule has 0 aliphatic heterocycles. The summed E-state index contributed by atoms with van der Waals surface area (Å²) in [5.74, 6) is 0.267. The zero-order chi connectivity index (χ0) is 19.6. The summed E-state index contributed by atoms with van der Waals surface area (Å²) in [6.45, 7) is 4.38. The third-order valence-electron chi connectivity index (χ3n) is 3.52. The van der Waals surface area contributed by atoms with Gasteiger partial charge in [0.1, 0.15) is 18.1 Å². The SMILES string of the molecule is CCOc1cc(NC(=O)c2ccccc2)c(OCC)cc1NC(=O)COC. The van der Waals surface area contributed by atoms with Crippen molar-refractivity contribution in [3.63, 3.8) is 0 Å². The van der Waals surface area contributed by atoms with Gasteiger partial charge in [-0.3, -0.25) is 9.59 Å². The van der Waals surface area contributed by atoms with Gasteiger partial charge in [-0.05, 0) is 26.0 Å². The third-order valence-corrected chi connectivity index (χ3v) is 3.52. The Kier molecular flexibility index (Phi) is 7.63. The highest BCUT2D eigenvalue weighted by molar-refractivity contribution is 6.05. The number of carbonyl (C=O) groups is 2. The molecule has 0 unspecified atom stereocenters. The van der Waals surface area contributed by atoms with Crippen molar-refractivity contribution in [2.45, 2.75) is 13.8 Å². The molecule has 0 bridgehead atoms. The van der Waals surface area contributed by atoms with E-state index in [2.05, 4.69) is 10.6 Å². The van der Waals surface area contributed by atoms with Crippen LogP contribution in [0.25, 0.3) is 0 Å². The van der Waals surface area contributed by atoms with Crippen LogP contribution in [0.1, 0.15) is 24.2 Å². The van der Waals surface area contributed by atoms with Gasteiger partial charge in [0.05, 0.1) is 24.6 Å². The zero-order valence-electron chi connectivity index (χ0n) is 15.7. The topological polar surface area (TPSA) is 85.9 Å². The van der Waals surface area contributed by atoms with Crippen molar-refractivity contribution in [1.82, 2.24) is 0 Å². The van der Waals surface area contributed by atoms with Crippen molar-refractivity contribution in [1.29, 1.82) is 0 Å². The predicted molar refractivity (Wildman–Crippen MR) is 104 cm³/mol. The van der Waals surface area contributed by atoms with Gasteiger partial charge in [-0.15, -0.1) is 0 Å². The molecule has 0 saturated carbocycles. The van der Waals surface area contributed by atoms with Gasteiger partial charge < -0.3 is 24.8 Å². The van der Waals surface area contributed by atoms with Crippen LogP contribution in [-0.2, 0) is 9.53 Å². The van der Waals surface area contributed by atoms with Crippen LogP contribution in [0.3, 0.4) is 0 Å². The standard InChI is InChI=1S/C20H24N2O5/c1-4-26-17-12-16(22-20(24)14-9-7-6-8-10-14)18(27-5-2)11-15(17)21-19(23)13-25-3/h6-12H,4-5,13H2,1-3H3,(H,21,23)(H,22,24). The molecule has 0 aromatic heterocycles. The molecule has 0 fully saturated rings. The summed E-state index contributed by atoms with van der Waals surface area (Å²) in [7, 11) is 1.44. The lowest BCUT2D eigenvalue weighted by Gasteiger charge is -2.17. The number of methoxy groups -OCH3 is 1. The number of anilines is 2. The molecule has 7 nitrogen and oxygen atoms in total. The number of ether oxygens (including phenoxy) is 3. The summed E-state index contributed by atoms with van der Waals surface area (Å²) in [4.78, 5) is 24.4. The maximum absolute atomic E-state index is 12.5. The maximum atomic E-state index is 12.5. The highest BCUT2D eigenvalue weighted by atomic mass is 16.5. The monoisotopic (exact) mass is 372 g/mol. The van der Waals surface area contributed by atoms with E-state index < -0.39 is 0 Å². The fourth-order valence-corrected chi connectivity index (χ4v) is 2.41. The predicted octanol–water partition coefficient (Wildman–Crippen LogP) is 3.32. The van der Waals surface area contributed by atoms with E-state index in [0.717, 1.165) is 0 Å². The van der Waals surface area contributed by atoms with Crippen molar-refractivity contribution >= 4 is 23.2 Å². The Morgan fingerprint density at radius 3 is 1.96 bits per heavy atom. The first-order valence-electron chi connectivity index (χ1n) is 8.67. The number of hydrogen-bond acceptors (Lipinski definition) is 5. The van der Waals surface area contributed by atoms with Crippen LogP contribution < -0.4 is 20.1 Å². The van der Waals surface area contributed by atoms with Crippen LogP contribution in [0, 0.1) is 0 Å². The molecule has 0 aliphatic rings. The van der Waals surface area contributed by atoms with E-state index in [9.17, 15) is 9.59 Å². The van der Waals surface area contributed by atoms with Gasteiger partial charge in [0.2, 0.25) is 5.91 Å². The second kappa shape index (κ2) is 10.2. The Hall–Kier alpha value is -3.06. The average molecular weight is 372 g/mol. The maximum Gasteiger partial charge on any atom is 0.255 e. The van der Waals surface area contributed by atoms with E-state index in [1.807, 2.05) is 19.9 Å². The summed E-state index contributed by atoms with van der Waals surface area (Å²) in [5, 5.41) is 5.56. The van der Waals surface area contributed by atoms with Crippen LogP contribution in [0.15, 0.2) is 42.5 Å².